The Hall–Kier alpha value is -1.75. The number of rotatable bonds is 3. The fourth-order valence-corrected chi connectivity index (χ4v) is 2.28. The van der Waals surface area contributed by atoms with Gasteiger partial charge in [-0.3, -0.25) is 0 Å². The van der Waals surface area contributed by atoms with E-state index >= 15 is 0 Å². The van der Waals surface area contributed by atoms with Gasteiger partial charge in [-0.05, 0) is 31.4 Å². The Labute approximate surface area is 119 Å². The first kappa shape index (κ1) is 14.7. The van der Waals surface area contributed by atoms with Crippen molar-refractivity contribution in [3.8, 4) is 5.75 Å². The van der Waals surface area contributed by atoms with E-state index in [2.05, 4.69) is 5.32 Å². The van der Waals surface area contributed by atoms with Gasteiger partial charge in [0.15, 0.2) is 0 Å². The average molecular weight is 278 g/mol. The molecule has 5 nitrogen and oxygen atoms in total. The number of urea groups is 1. The molecule has 2 amide bonds. The van der Waals surface area contributed by atoms with Crippen LogP contribution in [0.4, 0.5) is 10.5 Å². The van der Waals surface area contributed by atoms with Gasteiger partial charge in [-0.25, -0.2) is 4.79 Å². The van der Waals surface area contributed by atoms with Crippen molar-refractivity contribution in [2.75, 3.05) is 25.0 Å². The van der Waals surface area contributed by atoms with Gasteiger partial charge in [0.1, 0.15) is 5.75 Å². The molecule has 0 saturated carbocycles. The van der Waals surface area contributed by atoms with E-state index in [1.54, 1.807) is 4.90 Å². The van der Waals surface area contributed by atoms with Gasteiger partial charge in [-0.2, -0.15) is 0 Å². The second-order valence-electron chi connectivity index (χ2n) is 5.14. The van der Waals surface area contributed by atoms with Gasteiger partial charge in [0.25, 0.3) is 0 Å². The molecule has 1 aromatic carbocycles. The van der Waals surface area contributed by atoms with E-state index in [0.29, 0.717) is 31.1 Å². The smallest absolute Gasteiger partial charge is 0.322 e. The fraction of sp³-hybridized carbons (Fsp3) is 0.533. The molecule has 20 heavy (non-hydrogen) atoms. The Bertz CT molecular complexity index is 464. The van der Waals surface area contributed by atoms with Gasteiger partial charge in [0.2, 0.25) is 0 Å². The number of nitrogens with zero attached hydrogens (tertiary/aromatic N) is 1. The van der Waals surface area contributed by atoms with Gasteiger partial charge in [0, 0.05) is 13.1 Å². The number of anilines is 1. The fourth-order valence-electron chi connectivity index (χ4n) is 2.28. The van der Waals surface area contributed by atoms with Gasteiger partial charge in [0.05, 0.1) is 18.4 Å². The number of carbonyl (C=O) groups is 1. The third-order valence-corrected chi connectivity index (χ3v) is 3.63. The highest BCUT2D eigenvalue weighted by Crippen LogP contribution is 2.25. The number of aliphatic hydroxyl groups is 1. The standard InChI is InChI=1S/C15H22N2O3/c1-3-20-14-7-5-4-6-12(14)16-15(19)17-9-8-11(2)13(18)10-17/h4-7,11,13,18H,3,8-10H2,1-2H3,(H,16,19). The number of amides is 2. The molecule has 2 atom stereocenters. The highest BCUT2D eigenvalue weighted by Gasteiger charge is 2.27. The van der Waals surface area contributed by atoms with Crippen molar-refractivity contribution >= 4 is 11.7 Å². The Morgan fingerprint density at radius 2 is 2.25 bits per heavy atom. The van der Waals surface area contributed by atoms with Crippen LogP contribution >= 0.6 is 0 Å². The molecule has 1 fully saturated rings. The summed E-state index contributed by atoms with van der Waals surface area (Å²) in [6.07, 6.45) is 0.374. The third-order valence-electron chi connectivity index (χ3n) is 3.63. The molecule has 0 bridgehead atoms. The molecule has 1 heterocycles. The number of hydrogen-bond acceptors (Lipinski definition) is 3. The number of benzene rings is 1. The molecule has 0 aliphatic carbocycles. The Morgan fingerprint density at radius 1 is 1.50 bits per heavy atom. The number of hydrogen-bond donors (Lipinski definition) is 2. The molecule has 2 N–H and O–H groups in total. The lowest BCUT2D eigenvalue weighted by molar-refractivity contribution is 0.0463. The molecular weight excluding hydrogens is 256 g/mol. The number of ether oxygens (including phenoxy) is 1. The first-order valence-corrected chi connectivity index (χ1v) is 7.07. The van der Waals surface area contributed by atoms with Crippen LogP contribution in [-0.4, -0.2) is 41.8 Å². The molecule has 1 aliphatic rings. The van der Waals surface area contributed by atoms with Crippen LogP contribution in [0, 0.1) is 5.92 Å². The second kappa shape index (κ2) is 6.61. The predicted octanol–water partition coefficient (Wildman–Crippen LogP) is 2.32. The van der Waals surface area contributed by atoms with E-state index < -0.39 is 6.10 Å². The number of nitrogens with one attached hydrogen (secondary N) is 1. The van der Waals surface area contributed by atoms with E-state index in [1.807, 2.05) is 38.1 Å². The van der Waals surface area contributed by atoms with Crippen molar-refractivity contribution in [1.29, 1.82) is 0 Å². The van der Waals surface area contributed by atoms with Crippen molar-refractivity contribution in [3.05, 3.63) is 24.3 Å². The molecule has 2 unspecified atom stereocenters. The summed E-state index contributed by atoms with van der Waals surface area (Å²) < 4.78 is 5.48. The summed E-state index contributed by atoms with van der Waals surface area (Å²) in [5.41, 5.74) is 0.660. The Morgan fingerprint density at radius 3 is 2.95 bits per heavy atom. The van der Waals surface area contributed by atoms with Gasteiger partial charge < -0.3 is 20.1 Å². The summed E-state index contributed by atoms with van der Waals surface area (Å²) in [6.45, 7) is 5.50. The van der Waals surface area contributed by atoms with E-state index in [-0.39, 0.29) is 11.9 Å². The van der Waals surface area contributed by atoms with Crippen molar-refractivity contribution in [2.45, 2.75) is 26.4 Å². The quantitative estimate of drug-likeness (QED) is 0.892. The normalized spacial score (nSPS) is 22.4. The molecule has 110 valence electrons. The molecule has 0 radical (unpaired) electrons. The number of piperidine rings is 1. The van der Waals surface area contributed by atoms with Crippen LogP contribution in [-0.2, 0) is 0 Å². The second-order valence-corrected chi connectivity index (χ2v) is 5.14. The zero-order valence-electron chi connectivity index (χ0n) is 12.0. The molecular formula is C15H22N2O3. The Balaban J connectivity index is 2.01. The van der Waals surface area contributed by atoms with Gasteiger partial charge in [-0.15, -0.1) is 0 Å². The highest BCUT2D eigenvalue weighted by molar-refractivity contribution is 5.91. The van der Waals surface area contributed by atoms with Crippen LogP contribution in [0.3, 0.4) is 0 Å². The number of para-hydroxylation sites is 2. The maximum Gasteiger partial charge on any atom is 0.322 e. The monoisotopic (exact) mass is 278 g/mol. The zero-order chi connectivity index (χ0) is 14.5. The lowest BCUT2D eigenvalue weighted by Crippen LogP contribution is -2.47. The summed E-state index contributed by atoms with van der Waals surface area (Å²) in [5, 5.41) is 12.7. The van der Waals surface area contributed by atoms with Crippen molar-refractivity contribution < 1.29 is 14.6 Å². The number of carbonyl (C=O) groups excluding carboxylic acids is 1. The number of β-amino-alcohol motifs (C(OH)–C–C–N with tert-alkyl or cyclic N) is 1. The van der Waals surface area contributed by atoms with Crippen LogP contribution in [0.2, 0.25) is 0 Å². The molecule has 1 saturated heterocycles. The molecule has 1 aromatic rings. The lowest BCUT2D eigenvalue weighted by atomic mass is 9.96. The molecule has 0 spiro atoms. The van der Waals surface area contributed by atoms with Crippen molar-refractivity contribution in [1.82, 2.24) is 4.90 Å². The topological polar surface area (TPSA) is 61.8 Å². The zero-order valence-corrected chi connectivity index (χ0v) is 12.0. The van der Waals surface area contributed by atoms with Crippen LogP contribution in [0.15, 0.2) is 24.3 Å². The average Bonchev–Trinajstić information content (AvgIpc) is 2.44. The van der Waals surface area contributed by atoms with E-state index in [0.717, 1.165) is 6.42 Å². The summed E-state index contributed by atoms with van der Waals surface area (Å²) in [6, 6.07) is 7.17. The minimum atomic E-state index is -0.448. The van der Waals surface area contributed by atoms with E-state index in [1.165, 1.54) is 0 Å². The largest absolute Gasteiger partial charge is 0.492 e. The van der Waals surface area contributed by atoms with Crippen molar-refractivity contribution in [3.63, 3.8) is 0 Å². The highest BCUT2D eigenvalue weighted by atomic mass is 16.5. The first-order valence-electron chi connectivity index (χ1n) is 7.07. The molecule has 5 heteroatoms. The summed E-state index contributed by atoms with van der Waals surface area (Å²) in [5.74, 6) is 0.907. The minimum Gasteiger partial charge on any atom is -0.492 e. The van der Waals surface area contributed by atoms with Crippen LogP contribution < -0.4 is 10.1 Å². The van der Waals surface area contributed by atoms with Crippen LogP contribution in [0.1, 0.15) is 20.3 Å². The number of likely N-dealkylation sites (tertiary alicyclic amines) is 1. The summed E-state index contributed by atoms with van der Waals surface area (Å²) >= 11 is 0. The summed E-state index contributed by atoms with van der Waals surface area (Å²) in [7, 11) is 0. The van der Waals surface area contributed by atoms with Gasteiger partial charge >= 0.3 is 6.03 Å². The van der Waals surface area contributed by atoms with Crippen molar-refractivity contribution in [2.24, 2.45) is 5.92 Å². The molecule has 2 rings (SSSR count). The van der Waals surface area contributed by atoms with E-state index in [4.69, 9.17) is 4.74 Å². The maximum absolute atomic E-state index is 12.2. The minimum absolute atomic E-state index is 0.192. The number of aliphatic hydroxyl groups excluding tert-OH is 1. The first-order chi connectivity index (χ1) is 9.61. The maximum atomic E-state index is 12.2. The SMILES string of the molecule is CCOc1ccccc1NC(=O)N1CCC(C)C(O)C1. The van der Waals surface area contributed by atoms with Crippen LogP contribution in [0.25, 0.3) is 0 Å². The third kappa shape index (κ3) is 3.42. The molecule has 0 aromatic heterocycles. The Kier molecular flexibility index (Phi) is 4.84. The van der Waals surface area contributed by atoms with Gasteiger partial charge in [-0.1, -0.05) is 19.1 Å². The van der Waals surface area contributed by atoms with Crippen LogP contribution in [0.5, 0.6) is 5.75 Å². The summed E-state index contributed by atoms with van der Waals surface area (Å²) in [4.78, 5) is 13.9. The van der Waals surface area contributed by atoms with E-state index in [9.17, 15) is 9.90 Å². The lowest BCUT2D eigenvalue weighted by Gasteiger charge is -2.34. The molecule has 1 aliphatic heterocycles. The predicted molar refractivity (Wildman–Crippen MR) is 78.0 cm³/mol.